The molecule has 0 bridgehead atoms. The van der Waals surface area contributed by atoms with Gasteiger partial charge in [-0.25, -0.2) is 0 Å². The highest BCUT2D eigenvalue weighted by Gasteiger charge is 2.35. The molecule has 2 N–H and O–H groups in total. The highest BCUT2D eigenvalue weighted by Crippen LogP contribution is 2.32. The van der Waals surface area contributed by atoms with Crippen molar-refractivity contribution >= 4 is 29.2 Å². The number of amides is 3. The average Bonchev–Trinajstić information content (AvgIpc) is 3.38. The molecule has 0 aliphatic carbocycles. The van der Waals surface area contributed by atoms with Crippen molar-refractivity contribution in [2.45, 2.75) is 84.7 Å². The Hall–Kier alpha value is -4.14. The van der Waals surface area contributed by atoms with Gasteiger partial charge in [0.2, 0.25) is 17.7 Å². The molecule has 3 aromatic rings. The molecule has 9 heteroatoms. The molecular formula is C32H42N4O5. The van der Waals surface area contributed by atoms with Crippen LogP contribution in [0.4, 0.5) is 11.5 Å². The number of carbonyl (C=O) groups is 3. The smallest absolute Gasteiger partial charge is 0.248 e. The molecule has 41 heavy (non-hydrogen) atoms. The fraction of sp³-hybridized carbons (Fsp3) is 0.438. The standard InChI is InChI=1S/C32H42N4O5/c1-8-21(3)23-10-14-25(15-11-23)36(29(38)19-18-28(37)33-27-20-22(4)41-35-27)30(31(39)34-32(5,6)9-2)24-12-16-26(40-7)17-13-24/h10-17,20-21,30H,8-9,18-19H2,1-7H3,(H,34,39)(H,33,35,37)/t21-,30-/m1/s1. The van der Waals surface area contributed by atoms with Crippen LogP contribution in [0.1, 0.15) is 89.1 Å². The van der Waals surface area contributed by atoms with Crippen LogP contribution in [-0.2, 0) is 14.4 Å². The van der Waals surface area contributed by atoms with Crippen molar-refractivity contribution in [3.8, 4) is 5.75 Å². The van der Waals surface area contributed by atoms with Crippen molar-refractivity contribution in [3.63, 3.8) is 0 Å². The molecule has 0 radical (unpaired) electrons. The van der Waals surface area contributed by atoms with Crippen LogP contribution >= 0.6 is 0 Å². The maximum atomic E-state index is 14.0. The number of methoxy groups -OCH3 is 1. The second-order valence-corrected chi connectivity index (χ2v) is 10.9. The van der Waals surface area contributed by atoms with Crippen molar-refractivity contribution in [1.82, 2.24) is 10.5 Å². The van der Waals surface area contributed by atoms with Crippen LogP contribution in [0, 0.1) is 6.92 Å². The molecule has 0 spiro atoms. The summed E-state index contributed by atoms with van der Waals surface area (Å²) >= 11 is 0. The van der Waals surface area contributed by atoms with Crippen LogP contribution < -0.4 is 20.3 Å². The Labute approximate surface area is 242 Å². The van der Waals surface area contributed by atoms with E-state index >= 15 is 0 Å². The summed E-state index contributed by atoms with van der Waals surface area (Å²) in [4.78, 5) is 42.1. The van der Waals surface area contributed by atoms with Crippen LogP contribution in [0.3, 0.4) is 0 Å². The van der Waals surface area contributed by atoms with Gasteiger partial charge in [-0.2, -0.15) is 0 Å². The maximum absolute atomic E-state index is 14.0. The van der Waals surface area contributed by atoms with Crippen LogP contribution in [0.15, 0.2) is 59.1 Å². The minimum atomic E-state index is -0.977. The molecule has 0 unspecified atom stereocenters. The number of benzene rings is 2. The lowest BCUT2D eigenvalue weighted by Crippen LogP contribution is -2.50. The second-order valence-electron chi connectivity index (χ2n) is 10.9. The summed E-state index contributed by atoms with van der Waals surface area (Å²) in [5.41, 5.74) is 1.84. The van der Waals surface area contributed by atoms with Crippen molar-refractivity contribution < 1.29 is 23.6 Å². The van der Waals surface area contributed by atoms with Gasteiger partial charge in [0.15, 0.2) is 5.82 Å². The predicted molar refractivity (Wildman–Crippen MR) is 160 cm³/mol. The van der Waals surface area contributed by atoms with E-state index in [1.54, 1.807) is 44.4 Å². The van der Waals surface area contributed by atoms with Gasteiger partial charge in [0.25, 0.3) is 0 Å². The number of hydrogen-bond acceptors (Lipinski definition) is 6. The summed E-state index contributed by atoms with van der Waals surface area (Å²) < 4.78 is 10.3. The molecule has 3 rings (SSSR count). The van der Waals surface area contributed by atoms with E-state index in [1.165, 1.54) is 4.90 Å². The molecule has 220 valence electrons. The molecule has 0 saturated carbocycles. The molecule has 1 aromatic heterocycles. The first-order chi connectivity index (χ1) is 19.5. The first kappa shape index (κ1) is 31.4. The Balaban J connectivity index is 2.01. The lowest BCUT2D eigenvalue weighted by molar-refractivity contribution is -0.128. The highest BCUT2D eigenvalue weighted by molar-refractivity contribution is 6.03. The van der Waals surface area contributed by atoms with Gasteiger partial charge < -0.3 is 19.9 Å². The van der Waals surface area contributed by atoms with Gasteiger partial charge >= 0.3 is 0 Å². The second kappa shape index (κ2) is 14.0. The Morgan fingerprint density at radius 2 is 1.63 bits per heavy atom. The molecule has 0 aliphatic heterocycles. The lowest BCUT2D eigenvalue weighted by atomic mass is 9.96. The fourth-order valence-electron chi connectivity index (χ4n) is 4.30. The predicted octanol–water partition coefficient (Wildman–Crippen LogP) is 6.30. The van der Waals surface area contributed by atoms with Crippen LogP contribution in [0.25, 0.3) is 0 Å². The van der Waals surface area contributed by atoms with E-state index in [9.17, 15) is 14.4 Å². The summed E-state index contributed by atoms with van der Waals surface area (Å²) in [6.45, 7) is 11.9. The number of aromatic nitrogens is 1. The van der Waals surface area contributed by atoms with Gasteiger partial charge in [-0.1, -0.05) is 50.2 Å². The molecule has 9 nitrogen and oxygen atoms in total. The van der Waals surface area contributed by atoms with Crippen molar-refractivity contribution in [1.29, 1.82) is 0 Å². The van der Waals surface area contributed by atoms with E-state index in [1.807, 2.05) is 45.0 Å². The first-order valence-electron chi connectivity index (χ1n) is 14.1. The van der Waals surface area contributed by atoms with Gasteiger partial charge in [-0.05, 0) is 74.9 Å². The van der Waals surface area contributed by atoms with Gasteiger partial charge in [0, 0.05) is 30.1 Å². The summed E-state index contributed by atoms with van der Waals surface area (Å²) in [5.74, 6) is 0.778. The number of nitrogens with one attached hydrogen (secondary N) is 2. The minimum Gasteiger partial charge on any atom is -0.497 e. The van der Waals surface area contributed by atoms with Gasteiger partial charge in [-0.3, -0.25) is 19.3 Å². The number of aryl methyl sites for hydroxylation is 1. The van der Waals surface area contributed by atoms with E-state index in [0.29, 0.717) is 35.1 Å². The number of rotatable bonds is 13. The third-order valence-electron chi connectivity index (χ3n) is 7.37. The molecule has 0 aliphatic rings. The fourth-order valence-corrected chi connectivity index (χ4v) is 4.30. The third-order valence-corrected chi connectivity index (χ3v) is 7.37. The Bertz CT molecular complexity index is 1310. The number of anilines is 2. The highest BCUT2D eigenvalue weighted by atomic mass is 16.5. The zero-order valence-electron chi connectivity index (χ0n) is 25.1. The lowest BCUT2D eigenvalue weighted by Gasteiger charge is -2.35. The molecule has 2 aromatic carbocycles. The molecule has 1 heterocycles. The van der Waals surface area contributed by atoms with Gasteiger partial charge in [-0.15, -0.1) is 0 Å². The molecular weight excluding hydrogens is 520 g/mol. The number of nitrogens with zero attached hydrogens (tertiary/aromatic N) is 2. The van der Waals surface area contributed by atoms with E-state index in [0.717, 1.165) is 12.0 Å². The van der Waals surface area contributed by atoms with Gasteiger partial charge in [0.1, 0.15) is 17.6 Å². The zero-order chi connectivity index (χ0) is 30.2. The Morgan fingerprint density at radius 3 is 2.17 bits per heavy atom. The quantitative estimate of drug-likeness (QED) is 0.253. The van der Waals surface area contributed by atoms with Crippen LogP contribution in [0.2, 0.25) is 0 Å². The van der Waals surface area contributed by atoms with E-state index in [2.05, 4.69) is 29.6 Å². The first-order valence-corrected chi connectivity index (χ1v) is 14.1. The number of hydrogen-bond donors (Lipinski definition) is 2. The zero-order valence-corrected chi connectivity index (χ0v) is 25.1. The summed E-state index contributed by atoms with van der Waals surface area (Å²) in [5, 5.41) is 9.54. The third kappa shape index (κ3) is 8.42. The summed E-state index contributed by atoms with van der Waals surface area (Å²) in [6, 6.07) is 15.4. The molecule has 0 saturated heterocycles. The van der Waals surface area contributed by atoms with E-state index in [4.69, 9.17) is 9.26 Å². The molecule has 2 atom stereocenters. The van der Waals surface area contributed by atoms with Gasteiger partial charge in [0.05, 0.1) is 7.11 Å². The van der Waals surface area contributed by atoms with Crippen LogP contribution in [0.5, 0.6) is 5.75 Å². The van der Waals surface area contributed by atoms with E-state index in [-0.39, 0.29) is 36.4 Å². The number of carbonyl (C=O) groups excluding carboxylic acids is 3. The Kier molecular flexibility index (Phi) is 10.7. The summed E-state index contributed by atoms with van der Waals surface area (Å²) in [6.07, 6.45) is 1.47. The van der Waals surface area contributed by atoms with Crippen molar-refractivity contribution in [2.75, 3.05) is 17.3 Å². The van der Waals surface area contributed by atoms with Crippen molar-refractivity contribution in [2.24, 2.45) is 0 Å². The SMILES string of the molecule is CC[C@@H](C)c1ccc(N(C(=O)CCC(=O)Nc2cc(C)on2)[C@@H](C(=O)NC(C)(C)CC)c2ccc(OC)cc2)cc1. The average molecular weight is 563 g/mol. The van der Waals surface area contributed by atoms with Crippen molar-refractivity contribution in [3.05, 3.63) is 71.5 Å². The van der Waals surface area contributed by atoms with E-state index < -0.39 is 11.6 Å². The largest absolute Gasteiger partial charge is 0.497 e. The number of ether oxygens (including phenoxy) is 1. The molecule has 3 amide bonds. The normalized spacial score (nSPS) is 12.8. The topological polar surface area (TPSA) is 114 Å². The maximum Gasteiger partial charge on any atom is 0.248 e. The minimum absolute atomic E-state index is 0.0937. The monoisotopic (exact) mass is 562 g/mol. The molecule has 0 fully saturated rings. The summed E-state index contributed by atoms with van der Waals surface area (Å²) in [7, 11) is 1.57. The Morgan fingerprint density at radius 1 is 1.00 bits per heavy atom. The van der Waals surface area contributed by atoms with Crippen LogP contribution in [-0.4, -0.2) is 35.5 Å².